The lowest BCUT2D eigenvalue weighted by Crippen LogP contribution is -2.47. The molecule has 2 N–H and O–H groups in total. The molecular formula is C37H70N2O3. The number of aromatic amines is 1. The first kappa shape index (κ1) is 44.5. The lowest BCUT2D eigenvalue weighted by atomic mass is 9.74. The maximum atomic E-state index is 8.00. The zero-order chi connectivity index (χ0) is 32.7. The van der Waals surface area contributed by atoms with Crippen LogP contribution in [0.25, 0.3) is 11.6 Å². The molecule has 1 aromatic heterocycles. The molecule has 3 aliphatic rings. The summed E-state index contributed by atoms with van der Waals surface area (Å²) in [7, 11) is 0. The Hall–Kier alpha value is -1.98. The van der Waals surface area contributed by atoms with E-state index in [1.807, 2.05) is 26.7 Å². The summed E-state index contributed by atoms with van der Waals surface area (Å²) in [6.07, 6.45) is 23.6. The molecule has 1 aromatic rings. The minimum Gasteiger partial charge on any atom is -0.372 e. The first-order valence-corrected chi connectivity index (χ1v) is 16.7. The van der Waals surface area contributed by atoms with Gasteiger partial charge in [-0.15, -0.1) is 6.58 Å². The third-order valence-corrected chi connectivity index (χ3v) is 7.74. The molecule has 1 aliphatic heterocycles. The number of ether oxygens (including phenoxy) is 1. The number of morpholine rings is 1. The van der Waals surface area contributed by atoms with Gasteiger partial charge in [-0.1, -0.05) is 104 Å². The van der Waals surface area contributed by atoms with E-state index in [1.54, 1.807) is 6.08 Å². The Morgan fingerprint density at radius 1 is 1.00 bits per heavy atom. The van der Waals surface area contributed by atoms with Crippen molar-refractivity contribution >= 4 is 25.2 Å². The van der Waals surface area contributed by atoms with Gasteiger partial charge in [0.05, 0.1) is 12.2 Å². The molecule has 0 unspecified atom stereocenters. The molecule has 0 amide bonds. The third kappa shape index (κ3) is 21.7. The molecule has 0 bridgehead atoms. The fourth-order valence-electron chi connectivity index (χ4n) is 5.35. The molecule has 5 heteroatoms. The van der Waals surface area contributed by atoms with Gasteiger partial charge in [-0.3, -0.25) is 0 Å². The van der Waals surface area contributed by atoms with E-state index in [1.165, 1.54) is 99.6 Å². The van der Waals surface area contributed by atoms with Crippen molar-refractivity contribution in [3.05, 3.63) is 35.5 Å². The van der Waals surface area contributed by atoms with Crippen LogP contribution >= 0.6 is 0 Å². The highest BCUT2D eigenvalue weighted by Crippen LogP contribution is 2.36. The summed E-state index contributed by atoms with van der Waals surface area (Å²) < 4.78 is 5.76. The Labute approximate surface area is 261 Å². The predicted octanol–water partition coefficient (Wildman–Crippen LogP) is 8.56. The molecular weight excluding hydrogens is 520 g/mol. The molecule has 0 aromatic carbocycles. The summed E-state index contributed by atoms with van der Waals surface area (Å²) in [4.78, 5) is 19.2. The molecule has 42 heavy (non-hydrogen) atoms. The summed E-state index contributed by atoms with van der Waals surface area (Å²) in [5.41, 5.74) is 1.74. The fourth-order valence-corrected chi connectivity index (χ4v) is 5.35. The SMILES string of the molecule is C/C=c1/[nH]cc/c1=C(\C)CCC.C1CCC2(C1)CNCCO2.C=CC.C=O.C=O.CCCC.CCCCC1CC(C)C1. The molecule has 246 valence electrons. The monoisotopic (exact) mass is 591 g/mol. The average Bonchev–Trinajstić information content (AvgIpc) is 3.68. The van der Waals surface area contributed by atoms with Crippen molar-refractivity contribution in [2.24, 2.45) is 11.8 Å². The number of nitrogens with one attached hydrogen (secondary N) is 2. The molecule has 4 rings (SSSR count). The topological polar surface area (TPSA) is 71.2 Å². The Balaban J connectivity index is -0.000000467. The third-order valence-electron chi connectivity index (χ3n) is 7.74. The number of rotatable bonds is 6. The van der Waals surface area contributed by atoms with Crippen LogP contribution in [-0.2, 0) is 14.3 Å². The van der Waals surface area contributed by atoms with Gasteiger partial charge in [0, 0.05) is 24.6 Å². The number of carbonyl (C=O) groups is 2. The highest BCUT2D eigenvalue weighted by Gasteiger charge is 2.35. The second-order valence-corrected chi connectivity index (χ2v) is 11.5. The number of hydrogen-bond donors (Lipinski definition) is 2. The molecule has 2 heterocycles. The van der Waals surface area contributed by atoms with Crippen LogP contribution < -0.4 is 15.9 Å². The number of aromatic nitrogens is 1. The van der Waals surface area contributed by atoms with Crippen molar-refractivity contribution in [2.75, 3.05) is 19.7 Å². The minimum atomic E-state index is 0.262. The summed E-state index contributed by atoms with van der Waals surface area (Å²) in [6.45, 7) is 27.8. The number of allylic oxidation sites excluding steroid dienone is 1. The van der Waals surface area contributed by atoms with Crippen LogP contribution in [0, 0.1) is 11.8 Å². The highest BCUT2D eigenvalue weighted by atomic mass is 16.5. The first-order valence-electron chi connectivity index (χ1n) is 16.7. The van der Waals surface area contributed by atoms with E-state index in [2.05, 4.69) is 77.5 Å². The van der Waals surface area contributed by atoms with Crippen LogP contribution in [-0.4, -0.2) is 43.9 Å². The largest absolute Gasteiger partial charge is 0.372 e. The summed E-state index contributed by atoms with van der Waals surface area (Å²) in [5.74, 6) is 2.16. The zero-order valence-corrected chi connectivity index (χ0v) is 29.1. The van der Waals surface area contributed by atoms with E-state index in [0.717, 1.165) is 31.5 Å². The number of hydrogen-bond acceptors (Lipinski definition) is 4. The molecule has 3 fully saturated rings. The molecule has 1 spiro atoms. The second kappa shape index (κ2) is 31.9. The lowest BCUT2D eigenvalue weighted by Gasteiger charge is -2.33. The smallest absolute Gasteiger partial charge is 0.106 e. The van der Waals surface area contributed by atoms with Gasteiger partial charge in [-0.2, -0.15) is 0 Å². The maximum absolute atomic E-state index is 8.00. The van der Waals surface area contributed by atoms with Crippen LogP contribution in [0.5, 0.6) is 0 Å². The molecule has 2 saturated carbocycles. The molecule has 0 atom stereocenters. The maximum Gasteiger partial charge on any atom is 0.106 e. The van der Waals surface area contributed by atoms with Crippen LogP contribution in [0.15, 0.2) is 24.9 Å². The minimum absolute atomic E-state index is 0.262. The van der Waals surface area contributed by atoms with E-state index in [4.69, 9.17) is 14.3 Å². The Morgan fingerprint density at radius 2 is 1.57 bits per heavy atom. The summed E-state index contributed by atoms with van der Waals surface area (Å²) in [5, 5.41) is 6.02. The van der Waals surface area contributed by atoms with E-state index >= 15 is 0 Å². The van der Waals surface area contributed by atoms with Crippen LogP contribution in [0.4, 0.5) is 0 Å². The average molecular weight is 591 g/mol. The van der Waals surface area contributed by atoms with E-state index < -0.39 is 0 Å². The Kier molecular flexibility index (Phi) is 33.8. The van der Waals surface area contributed by atoms with Gasteiger partial charge in [0.25, 0.3) is 0 Å². The van der Waals surface area contributed by atoms with E-state index in [-0.39, 0.29) is 5.60 Å². The van der Waals surface area contributed by atoms with E-state index in [9.17, 15) is 0 Å². The van der Waals surface area contributed by atoms with Gasteiger partial charge >= 0.3 is 0 Å². The van der Waals surface area contributed by atoms with Crippen molar-refractivity contribution in [1.29, 1.82) is 0 Å². The van der Waals surface area contributed by atoms with Crippen LogP contribution in [0.3, 0.4) is 0 Å². The molecule has 0 radical (unpaired) electrons. The fraction of sp³-hybridized carbons (Fsp3) is 0.730. The van der Waals surface area contributed by atoms with Gasteiger partial charge in [-0.25, -0.2) is 0 Å². The van der Waals surface area contributed by atoms with Crippen molar-refractivity contribution in [3.63, 3.8) is 0 Å². The highest BCUT2D eigenvalue weighted by molar-refractivity contribution is 5.42. The number of carbonyl (C=O) groups excluding carboxylic acids is 2. The van der Waals surface area contributed by atoms with Gasteiger partial charge in [-0.05, 0) is 76.0 Å². The Morgan fingerprint density at radius 3 is 1.98 bits per heavy atom. The van der Waals surface area contributed by atoms with Crippen molar-refractivity contribution in [1.82, 2.24) is 10.3 Å². The molecule has 5 nitrogen and oxygen atoms in total. The predicted molar refractivity (Wildman–Crippen MR) is 186 cm³/mol. The number of H-pyrrole nitrogens is 1. The van der Waals surface area contributed by atoms with Crippen LogP contribution in [0.1, 0.15) is 139 Å². The van der Waals surface area contributed by atoms with Crippen molar-refractivity contribution < 1.29 is 14.3 Å². The van der Waals surface area contributed by atoms with E-state index in [0.29, 0.717) is 0 Å². The Bertz CT molecular complexity index is 808. The first-order chi connectivity index (χ1) is 20.4. The molecule has 1 saturated heterocycles. The van der Waals surface area contributed by atoms with Crippen LogP contribution in [0.2, 0.25) is 0 Å². The van der Waals surface area contributed by atoms with Gasteiger partial charge in [0.15, 0.2) is 0 Å². The van der Waals surface area contributed by atoms with Gasteiger partial charge in [0.2, 0.25) is 0 Å². The quantitative estimate of drug-likeness (QED) is 0.326. The molecule has 2 aliphatic carbocycles. The standard InChI is InChI=1S/C11H17N.C9H18.C8H15NO.C4H10.C3H6.2CH2O/c1-4-6-9(3)10-7-8-12-11(10)5-2;1-3-4-5-9-6-8(2)7-9;1-2-4-8(3-1)7-9-5-6-10-8;1-3-4-2;1-3-2;2*1-2/h5,7-8,12H,4,6H2,1-3H3;8-9H,3-7H2,1-2H3;9H,1-7H2;3-4H2,1-2H3;3H,1H2,2H3;2*1H2/b10-9-,11-5+;;;;;;. The lowest BCUT2D eigenvalue weighted by molar-refractivity contribution is -0.0987. The normalized spacial score (nSPS) is 20.2. The number of unbranched alkanes of at least 4 members (excludes halogenated alkanes) is 2. The second-order valence-electron chi connectivity index (χ2n) is 11.5. The zero-order valence-electron chi connectivity index (χ0n) is 29.1. The van der Waals surface area contributed by atoms with Crippen molar-refractivity contribution in [2.45, 2.75) is 144 Å². The summed E-state index contributed by atoms with van der Waals surface area (Å²) in [6, 6.07) is 2.15. The van der Waals surface area contributed by atoms with Crippen molar-refractivity contribution in [3.8, 4) is 0 Å². The van der Waals surface area contributed by atoms with Gasteiger partial charge < -0.3 is 24.6 Å². The summed E-state index contributed by atoms with van der Waals surface area (Å²) >= 11 is 0. The van der Waals surface area contributed by atoms with Gasteiger partial charge in [0.1, 0.15) is 13.6 Å².